The number of halogens is 2. The first-order chi connectivity index (χ1) is 9.25. The third-order valence-corrected chi connectivity index (χ3v) is 4.57. The monoisotopic (exact) mass is 383 g/mol. The zero-order valence-corrected chi connectivity index (χ0v) is 14.2. The average Bonchev–Trinajstić information content (AvgIpc) is 2.35. The van der Waals surface area contributed by atoms with Gasteiger partial charge >= 0.3 is 0 Å². The van der Waals surface area contributed by atoms with Gasteiger partial charge < -0.3 is 10.1 Å². The van der Waals surface area contributed by atoms with Gasteiger partial charge in [-0.05, 0) is 40.0 Å². The molecule has 0 heterocycles. The predicted octanol–water partition coefficient (Wildman–Crippen LogP) is 2.39. The number of carbonyl (C=O) groups is 1. The highest BCUT2D eigenvalue weighted by atomic mass is 79.9. The van der Waals surface area contributed by atoms with Crippen LogP contribution in [0.3, 0.4) is 0 Å². The Morgan fingerprint density at radius 2 is 2.15 bits per heavy atom. The molecule has 0 radical (unpaired) electrons. The van der Waals surface area contributed by atoms with Crippen LogP contribution in [0.25, 0.3) is 0 Å². The largest absolute Gasteiger partial charge is 0.384 e. The molecule has 0 aliphatic rings. The number of methoxy groups -OCH3 is 1. The number of rotatable bonds is 6. The lowest BCUT2D eigenvalue weighted by atomic mass is 10.1. The van der Waals surface area contributed by atoms with E-state index < -0.39 is 9.05 Å². The molecule has 1 unspecified atom stereocenters. The third-order valence-electron chi connectivity index (χ3n) is 2.53. The summed E-state index contributed by atoms with van der Waals surface area (Å²) in [5.74, 6) is -0.218. The van der Waals surface area contributed by atoms with Crippen molar-refractivity contribution in [3.63, 3.8) is 0 Å². The molecule has 1 atom stereocenters. The highest BCUT2D eigenvalue weighted by Gasteiger charge is 2.16. The summed E-state index contributed by atoms with van der Waals surface area (Å²) in [5, 5.41) is 2.72. The third kappa shape index (κ3) is 5.05. The molecule has 20 heavy (non-hydrogen) atoms. The second-order valence-electron chi connectivity index (χ2n) is 4.35. The second-order valence-corrected chi connectivity index (χ2v) is 7.77. The van der Waals surface area contributed by atoms with E-state index in [9.17, 15) is 13.2 Å². The molecule has 1 aromatic rings. The summed E-state index contributed by atoms with van der Waals surface area (Å²) in [6.45, 7) is 2.88. The maximum absolute atomic E-state index is 12.0. The molecule has 1 amide bonds. The molecule has 0 saturated heterocycles. The summed E-state index contributed by atoms with van der Waals surface area (Å²) in [6.07, 6.45) is 0. The standard InChI is InChI=1S/C12H15BrClNO4S/c1-8(7-19-2)6-15-12(16)10-5-9(20(14,17)18)3-4-11(10)13/h3-5,8H,6-7H2,1-2H3,(H,15,16). The van der Waals surface area contributed by atoms with E-state index in [0.717, 1.165) is 0 Å². The average molecular weight is 385 g/mol. The van der Waals surface area contributed by atoms with Crippen LogP contribution in [0.1, 0.15) is 17.3 Å². The fourth-order valence-corrected chi connectivity index (χ4v) is 2.74. The Labute approximate surface area is 131 Å². The fraction of sp³-hybridized carbons (Fsp3) is 0.417. The van der Waals surface area contributed by atoms with E-state index in [1.54, 1.807) is 7.11 Å². The topological polar surface area (TPSA) is 72.5 Å². The van der Waals surface area contributed by atoms with Crippen molar-refractivity contribution in [1.29, 1.82) is 0 Å². The van der Waals surface area contributed by atoms with E-state index in [-0.39, 0.29) is 22.3 Å². The van der Waals surface area contributed by atoms with E-state index in [1.165, 1.54) is 18.2 Å². The minimum Gasteiger partial charge on any atom is -0.384 e. The van der Waals surface area contributed by atoms with Crippen LogP contribution in [-0.2, 0) is 13.8 Å². The van der Waals surface area contributed by atoms with Crippen LogP contribution < -0.4 is 5.32 Å². The number of amides is 1. The number of hydrogen-bond donors (Lipinski definition) is 1. The van der Waals surface area contributed by atoms with E-state index in [0.29, 0.717) is 17.6 Å². The van der Waals surface area contributed by atoms with E-state index in [2.05, 4.69) is 21.2 Å². The van der Waals surface area contributed by atoms with Gasteiger partial charge in [-0.3, -0.25) is 4.79 Å². The number of hydrogen-bond acceptors (Lipinski definition) is 4. The van der Waals surface area contributed by atoms with Crippen LogP contribution in [0.5, 0.6) is 0 Å². The smallest absolute Gasteiger partial charge is 0.261 e. The maximum atomic E-state index is 12.0. The molecule has 0 fully saturated rings. The molecule has 0 spiro atoms. The SMILES string of the molecule is COCC(C)CNC(=O)c1cc(S(=O)(=O)Cl)ccc1Br. The first-order valence-corrected chi connectivity index (χ1v) is 8.87. The first kappa shape index (κ1) is 17.4. The summed E-state index contributed by atoms with van der Waals surface area (Å²) in [5.41, 5.74) is 0.219. The van der Waals surface area contributed by atoms with Gasteiger partial charge in [0.05, 0.1) is 17.1 Å². The lowest BCUT2D eigenvalue weighted by Gasteiger charge is -2.12. The van der Waals surface area contributed by atoms with Crippen molar-refractivity contribution in [3.8, 4) is 0 Å². The molecule has 112 valence electrons. The Bertz CT molecular complexity index is 591. The highest BCUT2D eigenvalue weighted by molar-refractivity contribution is 9.10. The lowest BCUT2D eigenvalue weighted by Crippen LogP contribution is -2.30. The van der Waals surface area contributed by atoms with Gasteiger partial charge in [-0.2, -0.15) is 0 Å². The Hall–Kier alpha value is -0.630. The van der Waals surface area contributed by atoms with Crippen molar-refractivity contribution in [2.75, 3.05) is 20.3 Å². The first-order valence-electron chi connectivity index (χ1n) is 5.77. The molecule has 0 aliphatic carbocycles. The summed E-state index contributed by atoms with van der Waals surface area (Å²) >= 11 is 3.21. The zero-order chi connectivity index (χ0) is 15.3. The van der Waals surface area contributed by atoms with Crippen LogP contribution in [0, 0.1) is 5.92 Å². The molecular weight excluding hydrogens is 370 g/mol. The molecule has 0 bridgehead atoms. The normalized spacial score (nSPS) is 13.0. The molecule has 8 heteroatoms. The van der Waals surface area contributed by atoms with Gasteiger partial charge in [-0.15, -0.1) is 0 Å². The minimum atomic E-state index is -3.86. The molecule has 1 rings (SSSR count). The summed E-state index contributed by atoms with van der Waals surface area (Å²) in [7, 11) is 2.99. The van der Waals surface area contributed by atoms with Crippen LogP contribution >= 0.6 is 26.6 Å². The fourth-order valence-electron chi connectivity index (χ4n) is 1.54. The summed E-state index contributed by atoms with van der Waals surface area (Å²) in [4.78, 5) is 11.9. The van der Waals surface area contributed by atoms with Gasteiger partial charge in [0.25, 0.3) is 15.0 Å². The predicted molar refractivity (Wildman–Crippen MR) is 80.6 cm³/mol. The van der Waals surface area contributed by atoms with Crippen molar-refractivity contribution >= 4 is 41.6 Å². The van der Waals surface area contributed by atoms with Gasteiger partial charge in [0.2, 0.25) is 0 Å². The number of ether oxygens (including phenoxy) is 1. The van der Waals surface area contributed by atoms with Crippen LogP contribution in [0.4, 0.5) is 0 Å². The van der Waals surface area contributed by atoms with Crippen LogP contribution in [-0.4, -0.2) is 34.6 Å². The quantitative estimate of drug-likeness (QED) is 0.764. The highest BCUT2D eigenvalue weighted by Crippen LogP contribution is 2.23. The lowest BCUT2D eigenvalue weighted by molar-refractivity contribution is 0.0933. The number of nitrogens with one attached hydrogen (secondary N) is 1. The minimum absolute atomic E-state index is 0.113. The number of carbonyl (C=O) groups excluding carboxylic acids is 1. The van der Waals surface area contributed by atoms with Crippen LogP contribution in [0.2, 0.25) is 0 Å². The number of benzene rings is 1. The van der Waals surface area contributed by atoms with E-state index in [4.69, 9.17) is 15.4 Å². The van der Waals surface area contributed by atoms with Crippen molar-refractivity contribution in [2.45, 2.75) is 11.8 Å². The second kappa shape index (κ2) is 7.40. The van der Waals surface area contributed by atoms with Crippen molar-refractivity contribution in [2.24, 2.45) is 5.92 Å². The Balaban J connectivity index is 2.87. The molecule has 0 aliphatic heterocycles. The molecule has 1 N–H and O–H groups in total. The summed E-state index contributed by atoms with van der Waals surface area (Å²) in [6, 6.07) is 4.04. The molecular formula is C12H15BrClNO4S. The Kier molecular flexibility index (Phi) is 6.44. The Morgan fingerprint density at radius 3 is 2.70 bits per heavy atom. The van der Waals surface area contributed by atoms with Crippen molar-refractivity contribution in [1.82, 2.24) is 5.32 Å². The van der Waals surface area contributed by atoms with Crippen molar-refractivity contribution < 1.29 is 17.9 Å². The molecule has 0 saturated carbocycles. The molecule has 0 aromatic heterocycles. The zero-order valence-electron chi connectivity index (χ0n) is 11.0. The Morgan fingerprint density at radius 1 is 1.50 bits per heavy atom. The van der Waals surface area contributed by atoms with Crippen molar-refractivity contribution in [3.05, 3.63) is 28.2 Å². The van der Waals surface area contributed by atoms with Crippen LogP contribution in [0.15, 0.2) is 27.6 Å². The van der Waals surface area contributed by atoms with E-state index in [1.807, 2.05) is 6.92 Å². The van der Waals surface area contributed by atoms with Gasteiger partial charge in [0.1, 0.15) is 0 Å². The van der Waals surface area contributed by atoms with Gasteiger partial charge in [-0.25, -0.2) is 8.42 Å². The summed E-state index contributed by atoms with van der Waals surface area (Å²) < 4.78 is 28.0. The van der Waals surface area contributed by atoms with E-state index >= 15 is 0 Å². The van der Waals surface area contributed by atoms with Gasteiger partial charge in [0.15, 0.2) is 0 Å². The maximum Gasteiger partial charge on any atom is 0.261 e. The molecule has 1 aromatic carbocycles. The molecule has 5 nitrogen and oxygen atoms in total. The van der Waals surface area contributed by atoms with Gasteiger partial charge in [0, 0.05) is 28.8 Å². The van der Waals surface area contributed by atoms with Gasteiger partial charge in [-0.1, -0.05) is 6.92 Å².